The summed E-state index contributed by atoms with van der Waals surface area (Å²) < 4.78 is 20.0. The highest BCUT2D eigenvalue weighted by molar-refractivity contribution is 6.12. The fraction of sp³-hybridized carbons (Fsp3) is 0.111. The highest BCUT2D eigenvalue weighted by Gasteiger charge is 2.20. The zero-order valence-electron chi connectivity index (χ0n) is 14.0. The summed E-state index contributed by atoms with van der Waals surface area (Å²) in [5.74, 6) is -0.681. The van der Waals surface area contributed by atoms with Crippen molar-refractivity contribution < 1.29 is 13.7 Å². The molecular weight excluding hydrogens is 337 g/mol. The molecule has 0 fully saturated rings. The van der Waals surface area contributed by atoms with E-state index in [1.54, 1.807) is 49.2 Å². The summed E-state index contributed by atoms with van der Waals surface area (Å²) in [5.41, 5.74) is 2.91. The molecular formula is C18H14FN5O2. The van der Waals surface area contributed by atoms with Crippen LogP contribution in [0.3, 0.4) is 0 Å². The van der Waals surface area contributed by atoms with Crippen LogP contribution >= 0.6 is 0 Å². The van der Waals surface area contributed by atoms with Gasteiger partial charge >= 0.3 is 0 Å². The number of nitrogens with zero attached hydrogens (tertiary/aromatic N) is 4. The molecule has 0 aliphatic rings. The SMILES string of the molecule is Cc1noc2nc(-c3ccc(F)cc3)cc(C(=O)Nc3cnn(C)c3)c12. The molecule has 26 heavy (non-hydrogen) atoms. The summed E-state index contributed by atoms with van der Waals surface area (Å²) in [5, 5.41) is 11.3. The van der Waals surface area contributed by atoms with Crippen molar-refractivity contribution in [3.8, 4) is 11.3 Å². The average molecular weight is 351 g/mol. The fourth-order valence-electron chi connectivity index (χ4n) is 2.73. The van der Waals surface area contributed by atoms with Crippen LogP contribution in [-0.2, 0) is 7.05 Å². The number of hydrogen-bond donors (Lipinski definition) is 1. The van der Waals surface area contributed by atoms with Gasteiger partial charge < -0.3 is 9.84 Å². The molecule has 0 saturated heterocycles. The number of benzene rings is 1. The quantitative estimate of drug-likeness (QED) is 0.612. The van der Waals surface area contributed by atoms with E-state index in [1.165, 1.54) is 12.1 Å². The molecule has 8 heteroatoms. The van der Waals surface area contributed by atoms with Crippen molar-refractivity contribution >= 4 is 22.7 Å². The van der Waals surface area contributed by atoms with E-state index in [0.717, 1.165) is 0 Å². The lowest BCUT2D eigenvalue weighted by Gasteiger charge is -2.07. The first-order chi connectivity index (χ1) is 12.5. The smallest absolute Gasteiger partial charge is 0.259 e. The number of carbonyl (C=O) groups is 1. The minimum Gasteiger partial charge on any atom is -0.335 e. The van der Waals surface area contributed by atoms with E-state index in [-0.39, 0.29) is 17.4 Å². The van der Waals surface area contributed by atoms with Gasteiger partial charge in [-0.05, 0) is 37.3 Å². The van der Waals surface area contributed by atoms with Gasteiger partial charge in [-0.25, -0.2) is 9.37 Å². The number of hydrogen-bond acceptors (Lipinski definition) is 5. The maximum absolute atomic E-state index is 13.2. The molecule has 1 N–H and O–H groups in total. The number of fused-ring (bicyclic) bond motifs is 1. The first-order valence-corrected chi connectivity index (χ1v) is 7.84. The Morgan fingerprint density at radius 1 is 1.27 bits per heavy atom. The second-order valence-electron chi connectivity index (χ2n) is 5.87. The Labute approximate surface area is 147 Å². The highest BCUT2D eigenvalue weighted by atomic mass is 19.1. The number of anilines is 1. The Balaban J connectivity index is 1.82. The van der Waals surface area contributed by atoms with Gasteiger partial charge in [-0.2, -0.15) is 5.10 Å². The molecule has 4 aromatic rings. The summed E-state index contributed by atoms with van der Waals surface area (Å²) in [7, 11) is 1.76. The van der Waals surface area contributed by atoms with Gasteiger partial charge in [0, 0.05) is 18.8 Å². The van der Waals surface area contributed by atoms with Crippen molar-refractivity contribution in [1.82, 2.24) is 19.9 Å². The van der Waals surface area contributed by atoms with Crippen molar-refractivity contribution in [2.45, 2.75) is 6.92 Å². The van der Waals surface area contributed by atoms with Crippen LogP contribution in [-0.4, -0.2) is 25.8 Å². The normalized spacial score (nSPS) is 11.0. The predicted molar refractivity (Wildman–Crippen MR) is 93.1 cm³/mol. The number of amides is 1. The maximum atomic E-state index is 13.2. The van der Waals surface area contributed by atoms with Crippen molar-refractivity contribution in [1.29, 1.82) is 0 Å². The number of aryl methyl sites for hydroxylation is 2. The lowest BCUT2D eigenvalue weighted by atomic mass is 10.0. The summed E-state index contributed by atoms with van der Waals surface area (Å²) in [6, 6.07) is 7.50. The fourth-order valence-corrected chi connectivity index (χ4v) is 2.73. The summed E-state index contributed by atoms with van der Waals surface area (Å²) in [6.45, 7) is 1.74. The zero-order valence-corrected chi connectivity index (χ0v) is 14.0. The number of rotatable bonds is 3. The molecule has 3 aromatic heterocycles. The second kappa shape index (κ2) is 6.07. The van der Waals surface area contributed by atoms with Crippen molar-refractivity contribution in [3.05, 3.63) is 59.8 Å². The predicted octanol–water partition coefficient (Wildman–Crippen LogP) is 3.32. The third-order valence-electron chi connectivity index (χ3n) is 3.96. The third kappa shape index (κ3) is 2.81. The zero-order chi connectivity index (χ0) is 18.3. The van der Waals surface area contributed by atoms with Gasteiger partial charge in [0.05, 0.1) is 34.2 Å². The van der Waals surface area contributed by atoms with Crippen molar-refractivity contribution in [3.63, 3.8) is 0 Å². The van der Waals surface area contributed by atoms with E-state index >= 15 is 0 Å². The molecule has 0 aliphatic carbocycles. The van der Waals surface area contributed by atoms with E-state index in [2.05, 4.69) is 20.6 Å². The first kappa shape index (κ1) is 15.9. The van der Waals surface area contributed by atoms with Crippen LogP contribution in [0.15, 0.2) is 47.2 Å². The summed E-state index contributed by atoms with van der Waals surface area (Å²) in [6.07, 6.45) is 3.25. The van der Waals surface area contributed by atoms with E-state index in [4.69, 9.17) is 4.52 Å². The number of halogens is 1. The Kier molecular flexibility index (Phi) is 3.72. The monoisotopic (exact) mass is 351 g/mol. The Bertz CT molecular complexity index is 1110. The Morgan fingerprint density at radius 2 is 2.04 bits per heavy atom. The second-order valence-corrected chi connectivity index (χ2v) is 5.87. The van der Waals surface area contributed by atoms with Crippen LogP contribution < -0.4 is 5.32 Å². The van der Waals surface area contributed by atoms with E-state index in [9.17, 15) is 9.18 Å². The maximum Gasteiger partial charge on any atom is 0.259 e. The van der Waals surface area contributed by atoms with E-state index < -0.39 is 0 Å². The molecule has 1 aromatic carbocycles. The van der Waals surface area contributed by atoms with Gasteiger partial charge in [0.25, 0.3) is 11.6 Å². The first-order valence-electron chi connectivity index (χ1n) is 7.84. The average Bonchev–Trinajstić information content (AvgIpc) is 3.20. The van der Waals surface area contributed by atoms with Crippen LogP contribution in [0.2, 0.25) is 0 Å². The topological polar surface area (TPSA) is 85.8 Å². The van der Waals surface area contributed by atoms with Crippen LogP contribution in [0, 0.1) is 12.7 Å². The number of carbonyl (C=O) groups excluding carboxylic acids is 1. The lowest BCUT2D eigenvalue weighted by Crippen LogP contribution is -2.12. The van der Waals surface area contributed by atoms with Gasteiger partial charge in [-0.1, -0.05) is 5.16 Å². The van der Waals surface area contributed by atoms with E-state index in [0.29, 0.717) is 33.6 Å². The van der Waals surface area contributed by atoms with Crippen molar-refractivity contribution in [2.24, 2.45) is 7.05 Å². The molecule has 0 atom stereocenters. The van der Waals surface area contributed by atoms with Crippen LogP contribution in [0.1, 0.15) is 16.1 Å². The van der Waals surface area contributed by atoms with Gasteiger partial charge in [-0.15, -0.1) is 0 Å². The van der Waals surface area contributed by atoms with E-state index in [1.807, 2.05) is 0 Å². The van der Waals surface area contributed by atoms with Gasteiger partial charge in [-0.3, -0.25) is 9.48 Å². The molecule has 4 rings (SSSR count). The minimum atomic E-state index is -0.347. The molecule has 1 amide bonds. The third-order valence-corrected chi connectivity index (χ3v) is 3.96. The molecule has 3 heterocycles. The van der Waals surface area contributed by atoms with Gasteiger partial charge in [0.15, 0.2) is 0 Å². The molecule has 0 spiro atoms. The lowest BCUT2D eigenvalue weighted by molar-refractivity contribution is 0.102. The largest absolute Gasteiger partial charge is 0.335 e. The van der Waals surface area contributed by atoms with Crippen molar-refractivity contribution in [2.75, 3.05) is 5.32 Å². The highest BCUT2D eigenvalue weighted by Crippen LogP contribution is 2.27. The number of nitrogens with one attached hydrogen (secondary N) is 1. The molecule has 7 nitrogen and oxygen atoms in total. The molecule has 130 valence electrons. The molecule has 0 radical (unpaired) electrons. The Morgan fingerprint density at radius 3 is 2.73 bits per heavy atom. The van der Waals surface area contributed by atoms with Crippen LogP contribution in [0.25, 0.3) is 22.4 Å². The summed E-state index contributed by atoms with van der Waals surface area (Å²) >= 11 is 0. The molecule has 0 saturated carbocycles. The summed E-state index contributed by atoms with van der Waals surface area (Å²) in [4.78, 5) is 17.2. The van der Waals surface area contributed by atoms with Gasteiger partial charge in [0.2, 0.25) is 0 Å². The van der Waals surface area contributed by atoms with Crippen LogP contribution in [0.5, 0.6) is 0 Å². The molecule has 0 unspecified atom stereocenters. The number of aromatic nitrogens is 4. The molecule has 0 bridgehead atoms. The van der Waals surface area contributed by atoms with Crippen LogP contribution in [0.4, 0.5) is 10.1 Å². The molecule has 0 aliphatic heterocycles. The van der Waals surface area contributed by atoms with Gasteiger partial charge in [0.1, 0.15) is 5.82 Å². The standard InChI is InChI=1S/C18H14FN5O2/c1-10-16-14(17(25)21-13-8-20-24(2)9-13)7-15(22-18(16)26-23-10)11-3-5-12(19)6-4-11/h3-9H,1-2H3,(H,21,25). The minimum absolute atomic E-state index is 0.251. The Hall–Kier alpha value is -3.55. The number of pyridine rings is 1.